The second-order valence-corrected chi connectivity index (χ2v) is 8.43. The summed E-state index contributed by atoms with van der Waals surface area (Å²) in [7, 11) is 1.65. The van der Waals surface area contributed by atoms with Gasteiger partial charge in [-0.05, 0) is 31.9 Å². The molecule has 0 radical (unpaired) electrons. The van der Waals surface area contributed by atoms with E-state index >= 15 is 0 Å². The van der Waals surface area contributed by atoms with Gasteiger partial charge in [0.15, 0.2) is 5.78 Å². The van der Waals surface area contributed by atoms with Crippen molar-refractivity contribution in [2.75, 3.05) is 11.5 Å². The predicted octanol–water partition coefficient (Wildman–Crippen LogP) is 3.80. The molecule has 1 aliphatic rings. The van der Waals surface area contributed by atoms with Crippen LogP contribution in [0.3, 0.4) is 0 Å². The van der Waals surface area contributed by atoms with E-state index in [0.717, 1.165) is 38.1 Å². The summed E-state index contributed by atoms with van der Waals surface area (Å²) < 4.78 is 6.40. The molecule has 4 bridgehead atoms. The Hall–Kier alpha value is -1.30. The molecule has 0 aliphatic carbocycles. The number of halogens is 1. The summed E-state index contributed by atoms with van der Waals surface area (Å²) in [6.45, 7) is 7.47. The first kappa shape index (κ1) is 26.0. The summed E-state index contributed by atoms with van der Waals surface area (Å²) in [5.41, 5.74) is 4.62. The van der Waals surface area contributed by atoms with Crippen molar-refractivity contribution in [3.8, 4) is 16.9 Å². The van der Waals surface area contributed by atoms with Crippen LogP contribution in [-0.4, -0.2) is 35.3 Å². The Morgan fingerprint density at radius 1 is 1.29 bits per heavy atom. The van der Waals surface area contributed by atoms with Crippen molar-refractivity contribution in [3.05, 3.63) is 65.9 Å². The van der Waals surface area contributed by atoms with Gasteiger partial charge in [-0.1, -0.05) is 46.9 Å². The number of hydrogen-bond acceptors (Lipinski definition) is 4. The monoisotopic (exact) mass is 755 g/mol. The van der Waals surface area contributed by atoms with Crippen molar-refractivity contribution in [1.82, 2.24) is 10.6 Å². The second kappa shape index (κ2) is 11.5. The molecule has 0 fully saturated rings. The van der Waals surface area contributed by atoms with E-state index in [1.54, 1.807) is 14.0 Å². The van der Waals surface area contributed by atoms with Crippen LogP contribution in [0.2, 0.25) is 0 Å². The van der Waals surface area contributed by atoms with Gasteiger partial charge < -0.3 is 15.4 Å². The van der Waals surface area contributed by atoms with Gasteiger partial charge in [0.2, 0.25) is 5.91 Å². The zero-order valence-corrected chi connectivity index (χ0v) is 24.2. The van der Waals surface area contributed by atoms with Gasteiger partial charge in [0, 0.05) is 47.2 Å². The van der Waals surface area contributed by atoms with Crippen LogP contribution in [0.25, 0.3) is 11.1 Å². The van der Waals surface area contributed by atoms with Crippen LogP contribution < -0.4 is 15.4 Å². The number of alkyl halides is 1. The average molecular weight is 755 g/mol. The number of carbonyl (C=O) groups is 2. The van der Waals surface area contributed by atoms with Gasteiger partial charge in [0.05, 0.1) is 18.9 Å². The van der Waals surface area contributed by atoms with E-state index in [1.165, 1.54) is 6.92 Å². The van der Waals surface area contributed by atoms with Gasteiger partial charge >= 0.3 is 0 Å². The van der Waals surface area contributed by atoms with E-state index in [2.05, 4.69) is 51.9 Å². The SMILES string of the molecule is C=C1N[C@@H](C)C(=O)N[C@H](C(C)=O)Cc2cc[c-]c(c2)-c2cc(ccc2OC)[C@@H]1CI.[U]. The molecular formula is C24H26IN2O3U-. The standard InChI is InChI=1S/C24H26IN2O3.U/c1-14-21(13-25)19-8-9-23(30-4)20(12-19)18-7-5-6-17(10-18)11-22(16(3)28)27-24(29)15(2)26-14;/h5-6,8-10,12,15,21-22,26H,1,11,13H2,2-4H3,(H,27,29);/q-1;/t15-,21+,22-;/m0./s1. The minimum Gasteiger partial charge on any atom is -0.506 e. The first-order chi connectivity index (χ1) is 14.3. The summed E-state index contributed by atoms with van der Waals surface area (Å²) in [4.78, 5) is 24.9. The van der Waals surface area contributed by atoms with Gasteiger partial charge in [0.1, 0.15) is 6.04 Å². The zero-order chi connectivity index (χ0) is 21.8. The molecule has 0 saturated carbocycles. The molecule has 31 heavy (non-hydrogen) atoms. The fourth-order valence-electron chi connectivity index (χ4n) is 3.61. The maximum atomic E-state index is 12.7. The molecule has 0 aromatic heterocycles. The summed E-state index contributed by atoms with van der Waals surface area (Å²) >= 11 is 2.33. The van der Waals surface area contributed by atoms with Crippen molar-refractivity contribution in [1.29, 1.82) is 0 Å². The Bertz CT molecular complexity index is 979. The third kappa shape index (κ3) is 6.15. The van der Waals surface area contributed by atoms with Gasteiger partial charge in [-0.15, -0.1) is 35.4 Å². The van der Waals surface area contributed by atoms with Gasteiger partial charge in [-0.2, -0.15) is 0 Å². The summed E-state index contributed by atoms with van der Waals surface area (Å²) in [6, 6.07) is 14.0. The third-order valence-corrected chi connectivity index (χ3v) is 6.28. The van der Waals surface area contributed by atoms with E-state index in [1.807, 2.05) is 30.3 Å². The van der Waals surface area contributed by atoms with Crippen molar-refractivity contribution in [2.45, 2.75) is 38.3 Å². The molecule has 1 heterocycles. The predicted molar refractivity (Wildman–Crippen MR) is 127 cm³/mol. The molecule has 2 aromatic carbocycles. The summed E-state index contributed by atoms with van der Waals surface area (Å²) in [5.74, 6) is 0.467. The van der Waals surface area contributed by atoms with Crippen LogP contribution in [0, 0.1) is 37.2 Å². The molecule has 3 rings (SSSR count). The molecule has 0 saturated heterocycles. The molecule has 1 aliphatic heterocycles. The van der Waals surface area contributed by atoms with Crippen molar-refractivity contribution < 1.29 is 45.4 Å². The quantitative estimate of drug-likeness (QED) is 0.285. The smallest absolute Gasteiger partial charge is 0.242 e. The molecule has 2 aromatic rings. The number of ketones is 1. The Morgan fingerprint density at radius 2 is 2.03 bits per heavy atom. The van der Waals surface area contributed by atoms with E-state index in [-0.39, 0.29) is 48.7 Å². The maximum absolute atomic E-state index is 12.7. The first-order valence-electron chi connectivity index (χ1n) is 9.85. The van der Waals surface area contributed by atoms with Crippen molar-refractivity contribution in [3.63, 3.8) is 0 Å². The number of rotatable bonds is 3. The van der Waals surface area contributed by atoms with Crippen LogP contribution >= 0.6 is 22.6 Å². The molecule has 7 heteroatoms. The van der Waals surface area contributed by atoms with E-state index in [4.69, 9.17) is 4.74 Å². The Kier molecular flexibility index (Phi) is 9.66. The number of benzene rings is 2. The number of carbonyl (C=O) groups excluding carboxylic acids is 2. The Labute approximate surface area is 221 Å². The van der Waals surface area contributed by atoms with Crippen LogP contribution in [0.15, 0.2) is 48.7 Å². The average Bonchev–Trinajstić information content (AvgIpc) is 2.73. The second-order valence-electron chi connectivity index (χ2n) is 7.54. The molecule has 2 N–H and O–H groups in total. The van der Waals surface area contributed by atoms with Gasteiger partial charge in [-0.3, -0.25) is 9.59 Å². The van der Waals surface area contributed by atoms with E-state index in [0.29, 0.717) is 6.42 Å². The number of methoxy groups -OCH3 is 1. The molecule has 0 unspecified atom stereocenters. The first-order valence-corrected chi connectivity index (χ1v) is 11.4. The van der Waals surface area contributed by atoms with Crippen LogP contribution in [0.1, 0.15) is 30.9 Å². The largest absolute Gasteiger partial charge is 0.506 e. The number of Topliss-reactive ketones (excluding diaryl/α,β-unsaturated/α-hetero) is 1. The van der Waals surface area contributed by atoms with E-state index in [9.17, 15) is 9.59 Å². The normalized spacial score (nSPS) is 21.1. The minimum atomic E-state index is -0.596. The van der Waals surface area contributed by atoms with Crippen molar-refractivity contribution >= 4 is 34.3 Å². The molecular weight excluding hydrogens is 729 g/mol. The number of allylic oxidation sites excluding steroid dienone is 1. The fourth-order valence-corrected chi connectivity index (χ4v) is 4.65. The summed E-state index contributed by atoms with van der Waals surface area (Å²) in [6.07, 6.45) is 0.412. The topological polar surface area (TPSA) is 67.4 Å². The minimum absolute atomic E-state index is 0. The van der Waals surface area contributed by atoms with E-state index < -0.39 is 12.1 Å². The van der Waals surface area contributed by atoms with Crippen LogP contribution in [0.4, 0.5) is 0 Å². The van der Waals surface area contributed by atoms with Crippen LogP contribution in [-0.2, 0) is 16.0 Å². The van der Waals surface area contributed by atoms with Gasteiger partial charge in [-0.25, -0.2) is 0 Å². The van der Waals surface area contributed by atoms with Crippen molar-refractivity contribution in [2.24, 2.45) is 0 Å². The molecule has 1 amide bonds. The number of amides is 1. The Morgan fingerprint density at radius 3 is 2.68 bits per heavy atom. The molecule has 162 valence electrons. The zero-order valence-electron chi connectivity index (χ0n) is 17.9. The number of nitrogens with one attached hydrogen (secondary N) is 2. The number of fused-ring (bicyclic) bond motifs is 5. The fraction of sp³-hybridized carbons (Fsp3) is 0.333. The third-order valence-electron chi connectivity index (χ3n) is 5.40. The molecule has 3 atom stereocenters. The molecule has 0 spiro atoms. The summed E-state index contributed by atoms with van der Waals surface area (Å²) in [5, 5.41) is 6.11. The van der Waals surface area contributed by atoms with Crippen LogP contribution in [0.5, 0.6) is 5.75 Å². The number of ether oxygens (including phenoxy) is 1. The number of hydrogen-bond donors (Lipinski definition) is 2. The molecule has 5 nitrogen and oxygen atoms in total. The maximum Gasteiger partial charge on any atom is 0.242 e. The van der Waals surface area contributed by atoms with Gasteiger partial charge in [0.25, 0.3) is 0 Å². The Balaban J connectivity index is 0.00000341.